The largest absolute Gasteiger partial charge is 0.331 e. The Morgan fingerprint density at radius 3 is 2.73 bits per heavy atom. The lowest BCUT2D eigenvalue weighted by Crippen LogP contribution is -2.44. The highest BCUT2D eigenvalue weighted by atomic mass is 32.1. The van der Waals surface area contributed by atoms with E-state index in [0.29, 0.717) is 12.5 Å². The van der Waals surface area contributed by atoms with Gasteiger partial charge in [0.15, 0.2) is 0 Å². The summed E-state index contributed by atoms with van der Waals surface area (Å²) in [6.07, 6.45) is 1.73. The Bertz CT molecular complexity index is 758. The molecular formula is C20H25N3O2S. The average Bonchev–Trinajstić information content (AvgIpc) is 3.28. The van der Waals surface area contributed by atoms with Gasteiger partial charge in [0.1, 0.15) is 0 Å². The van der Waals surface area contributed by atoms with Crippen molar-refractivity contribution in [3.63, 3.8) is 0 Å². The van der Waals surface area contributed by atoms with Crippen molar-refractivity contribution < 1.29 is 9.59 Å². The number of fused-ring (bicyclic) bond motifs is 1. The molecule has 0 saturated heterocycles. The number of urea groups is 1. The molecule has 0 bridgehead atoms. The molecule has 1 aliphatic rings. The Hall–Kier alpha value is -2.34. The molecule has 2 aromatic rings. The van der Waals surface area contributed by atoms with E-state index in [9.17, 15) is 9.59 Å². The highest BCUT2D eigenvalue weighted by molar-refractivity contribution is 7.10. The van der Waals surface area contributed by atoms with Crippen LogP contribution in [0, 0.1) is 5.92 Å². The number of hydrogen-bond donors (Lipinski definition) is 2. The predicted octanol–water partition coefficient (Wildman–Crippen LogP) is 3.72. The molecule has 1 atom stereocenters. The van der Waals surface area contributed by atoms with Gasteiger partial charge in [0.05, 0.1) is 12.6 Å². The fourth-order valence-corrected chi connectivity index (χ4v) is 4.06. The van der Waals surface area contributed by atoms with Crippen LogP contribution in [0.4, 0.5) is 10.5 Å². The van der Waals surface area contributed by atoms with Crippen LogP contribution in [0.25, 0.3) is 0 Å². The SMILES string of the molecule is CC(C)CC(NC(=O)NCC(=O)N1CCc2ccccc21)c1cccs1. The fourth-order valence-electron chi connectivity index (χ4n) is 3.27. The van der Waals surface area contributed by atoms with Crippen LogP contribution in [0.5, 0.6) is 0 Å². The van der Waals surface area contributed by atoms with E-state index in [1.54, 1.807) is 16.2 Å². The minimum Gasteiger partial charge on any atom is -0.331 e. The molecule has 1 aromatic heterocycles. The maximum Gasteiger partial charge on any atom is 0.315 e. The molecule has 0 spiro atoms. The monoisotopic (exact) mass is 371 g/mol. The van der Waals surface area contributed by atoms with Crippen LogP contribution in [0.3, 0.4) is 0 Å². The van der Waals surface area contributed by atoms with Gasteiger partial charge in [-0.1, -0.05) is 38.1 Å². The van der Waals surface area contributed by atoms with Crippen LogP contribution < -0.4 is 15.5 Å². The summed E-state index contributed by atoms with van der Waals surface area (Å²) in [6, 6.07) is 11.6. The van der Waals surface area contributed by atoms with Gasteiger partial charge < -0.3 is 15.5 Å². The van der Waals surface area contributed by atoms with Crippen molar-refractivity contribution in [1.82, 2.24) is 10.6 Å². The summed E-state index contributed by atoms with van der Waals surface area (Å²) in [5.41, 5.74) is 2.14. The quantitative estimate of drug-likeness (QED) is 0.813. The average molecular weight is 372 g/mol. The predicted molar refractivity (Wildman–Crippen MR) is 106 cm³/mol. The summed E-state index contributed by atoms with van der Waals surface area (Å²) < 4.78 is 0. The highest BCUT2D eigenvalue weighted by Crippen LogP contribution is 2.27. The smallest absolute Gasteiger partial charge is 0.315 e. The van der Waals surface area contributed by atoms with Gasteiger partial charge in [-0.25, -0.2) is 4.79 Å². The van der Waals surface area contributed by atoms with Crippen LogP contribution in [0.2, 0.25) is 0 Å². The molecule has 6 heteroatoms. The van der Waals surface area contributed by atoms with Crippen LogP contribution in [0.15, 0.2) is 41.8 Å². The number of amides is 3. The lowest BCUT2D eigenvalue weighted by molar-refractivity contribution is -0.117. The lowest BCUT2D eigenvalue weighted by atomic mass is 10.0. The molecule has 1 aliphatic heterocycles. The molecule has 1 aromatic carbocycles. The number of rotatable bonds is 6. The van der Waals surface area contributed by atoms with Gasteiger partial charge in [0.25, 0.3) is 0 Å². The Kier molecular flexibility index (Phi) is 5.93. The first-order valence-corrected chi connectivity index (χ1v) is 9.88. The van der Waals surface area contributed by atoms with E-state index < -0.39 is 0 Å². The standard InChI is InChI=1S/C20H25N3O2S/c1-14(2)12-16(18-8-5-11-26-18)22-20(25)21-13-19(24)23-10-9-15-6-3-4-7-17(15)23/h3-8,11,14,16H,9-10,12-13H2,1-2H3,(H2,21,22,25). The number of carbonyl (C=O) groups is 2. The zero-order valence-corrected chi connectivity index (χ0v) is 16.0. The van der Waals surface area contributed by atoms with E-state index in [4.69, 9.17) is 0 Å². The van der Waals surface area contributed by atoms with E-state index in [1.165, 1.54) is 5.56 Å². The fraction of sp³-hybridized carbons (Fsp3) is 0.400. The summed E-state index contributed by atoms with van der Waals surface area (Å²) in [5.74, 6) is 0.381. The Balaban J connectivity index is 1.54. The Morgan fingerprint density at radius 2 is 2.00 bits per heavy atom. The van der Waals surface area contributed by atoms with Crippen molar-refractivity contribution in [2.75, 3.05) is 18.0 Å². The number of hydrogen-bond acceptors (Lipinski definition) is 3. The van der Waals surface area contributed by atoms with Gasteiger partial charge in [0, 0.05) is 17.1 Å². The maximum atomic E-state index is 12.5. The van der Waals surface area contributed by atoms with Gasteiger partial charge in [0.2, 0.25) is 5.91 Å². The molecular weight excluding hydrogens is 346 g/mol. The second-order valence-corrected chi connectivity index (χ2v) is 7.93. The molecule has 26 heavy (non-hydrogen) atoms. The maximum absolute atomic E-state index is 12.5. The van der Waals surface area contributed by atoms with Crippen molar-refractivity contribution in [2.45, 2.75) is 32.7 Å². The first kappa shape index (κ1) is 18.5. The van der Waals surface area contributed by atoms with Gasteiger partial charge in [-0.2, -0.15) is 0 Å². The summed E-state index contributed by atoms with van der Waals surface area (Å²) in [5, 5.41) is 7.74. The van der Waals surface area contributed by atoms with Crippen LogP contribution in [-0.2, 0) is 11.2 Å². The molecule has 0 saturated carbocycles. The normalized spacial score (nSPS) is 14.2. The van der Waals surface area contributed by atoms with E-state index in [2.05, 4.69) is 24.5 Å². The van der Waals surface area contributed by atoms with E-state index in [-0.39, 0.29) is 24.5 Å². The zero-order chi connectivity index (χ0) is 18.5. The van der Waals surface area contributed by atoms with Crippen LogP contribution in [0.1, 0.15) is 36.8 Å². The Labute approximate surface area is 158 Å². The first-order valence-electron chi connectivity index (χ1n) is 9.00. The molecule has 0 aliphatic carbocycles. The number of carbonyl (C=O) groups excluding carboxylic acids is 2. The topological polar surface area (TPSA) is 61.4 Å². The van der Waals surface area contributed by atoms with Crippen molar-refractivity contribution in [3.8, 4) is 0 Å². The lowest BCUT2D eigenvalue weighted by Gasteiger charge is -2.21. The van der Waals surface area contributed by atoms with Crippen molar-refractivity contribution >= 4 is 29.0 Å². The number of benzene rings is 1. The number of thiophene rings is 1. The third-order valence-corrected chi connectivity index (χ3v) is 5.47. The second kappa shape index (κ2) is 8.36. The summed E-state index contributed by atoms with van der Waals surface area (Å²) in [7, 11) is 0. The van der Waals surface area contributed by atoms with Crippen molar-refractivity contribution in [2.24, 2.45) is 5.92 Å². The van der Waals surface area contributed by atoms with Gasteiger partial charge >= 0.3 is 6.03 Å². The summed E-state index contributed by atoms with van der Waals surface area (Å²) in [4.78, 5) is 27.7. The van der Waals surface area contributed by atoms with E-state index >= 15 is 0 Å². The van der Waals surface area contributed by atoms with Crippen LogP contribution >= 0.6 is 11.3 Å². The molecule has 2 N–H and O–H groups in total. The molecule has 3 amide bonds. The zero-order valence-electron chi connectivity index (χ0n) is 15.2. The van der Waals surface area contributed by atoms with Crippen LogP contribution in [-0.4, -0.2) is 25.0 Å². The minimum atomic E-state index is -0.301. The second-order valence-electron chi connectivity index (χ2n) is 6.95. The molecule has 1 unspecified atom stereocenters. The summed E-state index contributed by atoms with van der Waals surface area (Å²) >= 11 is 1.63. The Morgan fingerprint density at radius 1 is 1.19 bits per heavy atom. The molecule has 5 nitrogen and oxygen atoms in total. The summed E-state index contributed by atoms with van der Waals surface area (Å²) in [6.45, 7) is 4.94. The van der Waals surface area contributed by atoms with E-state index in [0.717, 1.165) is 23.4 Å². The minimum absolute atomic E-state index is 0.000985. The number of para-hydroxylation sites is 1. The first-order chi connectivity index (χ1) is 12.5. The highest BCUT2D eigenvalue weighted by Gasteiger charge is 2.24. The molecule has 0 fully saturated rings. The molecule has 3 rings (SSSR count). The molecule has 138 valence electrons. The third-order valence-electron chi connectivity index (χ3n) is 4.49. The van der Waals surface area contributed by atoms with Gasteiger partial charge in [-0.3, -0.25) is 4.79 Å². The molecule has 0 radical (unpaired) electrons. The molecule has 2 heterocycles. The third kappa shape index (κ3) is 4.43. The van der Waals surface area contributed by atoms with Gasteiger partial charge in [-0.05, 0) is 41.8 Å². The van der Waals surface area contributed by atoms with E-state index in [1.807, 2.05) is 41.8 Å². The number of nitrogens with one attached hydrogen (secondary N) is 2. The van der Waals surface area contributed by atoms with Crippen molar-refractivity contribution in [1.29, 1.82) is 0 Å². The number of nitrogens with zero attached hydrogens (tertiary/aromatic N) is 1. The van der Waals surface area contributed by atoms with Gasteiger partial charge in [-0.15, -0.1) is 11.3 Å². The van der Waals surface area contributed by atoms with Crippen molar-refractivity contribution in [3.05, 3.63) is 52.2 Å². The number of anilines is 1.